The predicted octanol–water partition coefficient (Wildman–Crippen LogP) is 3.45. The minimum absolute atomic E-state index is 0.569. The van der Waals surface area contributed by atoms with Crippen molar-refractivity contribution in [2.45, 2.75) is 32.1 Å². The molecule has 0 saturated carbocycles. The van der Waals surface area contributed by atoms with Crippen molar-refractivity contribution in [2.24, 2.45) is 5.41 Å². The molecule has 0 unspecified atom stereocenters. The van der Waals surface area contributed by atoms with Gasteiger partial charge in [0, 0.05) is 4.90 Å². The summed E-state index contributed by atoms with van der Waals surface area (Å²) in [4.78, 5) is 12.2. The highest BCUT2D eigenvalue weighted by Gasteiger charge is 2.27. The molecular weight excluding hydrogens is 220 g/mol. The van der Waals surface area contributed by atoms with Crippen LogP contribution in [0.3, 0.4) is 0 Å². The van der Waals surface area contributed by atoms with Crippen molar-refractivity contribution in [3.63, 3.8) is 0 Å². The van der Waals surface area contributed by atoms with Crippen LogP contribution in [0.5, 0.6) is 0 Å². The van der Waals surface area contributed by atoms with E-state index < -0.39 is 11.4 Å². The van der Waals surface area contributed by atoms with Crippen molar-refractivity contribution < 1.29 is 9.90 Å². The second kappa shape index (κ2) is 5.39. The smallest absolute Gasteiger partial charge is 0.309 e. The van der Waals surface area contributed by atoms with Gasteiger partial charge in [0.25, 0.3) is 0 Å². The average Bonchev–Trinajstić information content (AvgIpc) is 2.21. The number of carbonyl (C=O) groups is 1. The van der Waals surface area contributed by atoms with Gasteiger partial charge in [-0.3, -0.25) is 4.79 Å². The van der Waals surface area contributed by atoms with E-state index in [1.165, 1.54) is 4.90 Å². The Morgan fingerprint density at radius 3 is 2.31 bits per heavy atom. The van der Waals surface area contributed by atoms with Crippen LogP contribution < -0.4 is 0 Å². The summed E-state index contributed by atoms with van der Waals surface area (Å²) >= 11 is 1.79. The van der Waals surface area contributed by atoms with E-state index in [1.807, 2.05) is 12.1 Å². The van der Waals surface area contributed by atoms with E-state index in [1.54, 1.807) is 25.6 Å². The third-order valence-electron chi connectivity index (χ3n) is 2.46. The Labute approximate surface area is 101 Å². The summed E-state index contributed by atoms with van der Waals surface area (Å²) in [6.45, 7) is 5.63. The number of thioether (sulfide) groups is 1. The zero-order chi connectivity index (χ0) is 12.2. The standard InChI is InChI=1S/C13H18O2S/c1-4-16-11-7-5-10(6-8-11)9-13(2,3)12(14)15/h5-8H,4,9H2,1-3H3,(H,14,15). The van der Waals surface area contributed by atoms with Gasteiger partial charge < -0.3 is 5.11 Å². The maximum Gasteiger partial charge on any atom is 0.309 e. The molecule has 1 aromatic rings. The lowest BCUT2D eigenvalue weighted by molar-refractivity contribution is -0.146. The lowest BCUT2D eigenvalue weighted by atomic mass is 9.86. The van der Waals surface area contributed by atoms with Crippen molar-refractivity contribution in [1.82, 2.24) is 0 Å². The summed E-state index contributed by atoms with van der Waals surface area (Å²) in [5.74, 6) is 0.305. The highest BCUT2D eigenvalue weighted by Crippen LogP contribution is 2.24. The quantitative estimate of drug-likeness (QED) is 0.798. The van der Waals surface area contributed by atoms with E-state index in [2.05, 4.69) is 19.1 Å². The first-order valence-corrected chi connectivity index (χ1v) is 6.39. The van der Waals surface area contributed by atoms with Crippen LogP contribution in [-0.2, 0) is 11.2 Å². The summed E-state index contributed by atoms with van der Waals surface area (Å²) in [5, 5.41) is 9.04. The number of rotatable bonds is 5. The maximum atomic E-state index is 11.0. The van der Waals surface area contributed by atoms with Gasteiger partial charge in [-0.25, -0.2) is 0 Å². The molecule has 0 amide bonds. The Hall–Kier alpha value is -0.960. The fraction of sp³-hybridized carbons (Fsp3) is 0.462. The first-order valence-electron chi connectivity index (χ1n) is 5.41. The number of carboxylic acids is 1. The summed E-state index contributed by atoms with van der Waals surface area (Å²) in [6, 6.07) is 8.15. The van der Waals surface area contributed by atoms with Gasteiger partial charge in [-0.2, -0.15) is 0 Å². The monoisotopic (exact) mass is 238 g/mol. The molecule has 0 atom stereocenters. The topological polar surface area (TPSA) is 37.3 Å². The van der Waals surface area contributed by atoms with Crippen LogP contribution in [-0.4, -0.2) is 16.8 Å². The van der Waals surface area contributed by atoms with Gasteiger partial charge in [-0.05, 0) is 43.7 Å². The molecule has 0 aliphatic heterocycles. The van der Waals surface area contributed by atoms with Crippen LogP contribution in [0, 0.1) is 5.41 Å². The number of aliphatic carboxylic acids is 1. The highest BCUT2D eigenvalue weighted by atomic mass is 32.2. The highest BCUT2D eigenvalue weighted by molar-refractivity contribution is 7.99. The molecule has 1 N–H and O–H groups in total. The average molecular weight is 238 g/mol. The molecule has 0 spiro atoms. The summed E-state index contributed by atoms with van der Waals surface area (Å²) in [7, 11) is 0. The summed E-state index contributed by atoms with van der Waals surface area (Å²) in [5.41, 5.74) is 0.382. The second-order valence-electron chi connectivity index (χ2n) is 4.44. The Balaban J connectivity index is 2.72. The molecule has 0 heterocycles. The molecule has 0 aromatic heterocycles. The second-order valence-corrected chi connectivity index (χ2v) is 5.78. The Morgan fingerprint density at radius 1 is 1.31 bits per heavy atom. The van der Waals surface area contributed by atoms with Gasteiger partial charge in [-0.15, -0.1) is 11.8 Å². The van der Waals surface area contributed by atoms with Crippen LogP contribution in [0.25, 0.3) is 0 Å². The molecule has 3 heteroatoms. The molecule has 0 fully saturated rings. The third-order valence-corrected chi connectivity index (χ3v) is 3.35. The van der Waals surface area contributed by atoms with Gasteiger partial charge in [0.1, 0.15) is 0 Å². The van der Waals surface area contributed by atoms with Crippen molar-refractivity contribution in [3.8, 4) is 0 Å². The number of hydrogen-bond acceptors (Lipinski definition) is 2. The largest absolute Gasteiger partial charge is 0.481 e. The zero-order valence-corrected chi connectivity index (χ0v) is 10.8. The van der Waals surface area contributed by atoms with Crippen molar-refractivity contribution in [2.75, 3.05) is 5.75 Å². The number of benzene rings is 1. The van der Waals surface area contributed by atoms with Crippen LogP contribution in [0.4, 0.5) is 0 Å². The first-order chi connectivity index (χ1) is 7.45. The summed E-state index contributed by atoms with van der Waals surface area (Å²) < 4.78 is 0. The van der Waals surface area contributed by atoms with Crippen LogP contribution in [0.2, 0.25) is 0 Å². The van der Waals surface area contributed by atoms with Gasteiger partial charge >= 0.3 is 5.97 Å². The molecule has 0 aliphatic carbocycles. The minimum atomic E-state index is -0.750. The minimum Gasteiger partial charge on any atom is -0.481 e. The fourth-order valence-corrected chi connectivity index (χ4v) is 2.12. The molecule has 88 valence electrons. The van der Waals surface area contributed by atoms with E-state index >= 15 is 0 Å². The van der Waals surface area contributed by atoms with Gasteiger partial charge in [0.05, 0.1) is 5.41 Å². The Morgan fingerprint density at radius 2 is 1.88 bits per heavy atom. The molecule has 0 aliphatic rings. The van der Waals surface area contributed by atoms with Crippen molar-refractivity contribution in [1.29, 1.82) is 0 Å². The SMILES string of the molecule is CCSc1ccc(CC(C)(C)C(=O)O)cc1. The maximum absolute atomic E-state index is 11.0. The Kier molecular flexibility index (Phi) is 4.42. The lowest BCUT2D eigenvalue weighted by Gasteiger charge is -2.18. The molecule has 1 aromatic carbocycles. The molecule has 2 nitrogen and oxygen atoms in total. The normalized spacial score (nSPS) is 11.4. The lowest BCUT2D eigenvalue weighted by Crippen LogP contribution is -2.26. The van der Waals surface area contributed by atoms with Crippen LogP contribution in [0.15, 0.2) is 29.2 Å². The Bertz CT molecular complexity index is 355. The van der Waals surface area contributed by atoms with Crippen LogP contribution >= 0.6 is 11.8 Å². The van der Waals surface area contributed by atoms with Crippen molar-refractivity contribution >= 4 is 17.7 Å². The molecule has 0 bridgehead atoms. The van der Waals surface area contributed by atoms with Crippen LogP contribution in [0.1, 0.15) is 26.3 Å². The molecule has 0 radical (unpaired) electrons. The number of carboxylic acid groups (broad SMARTS) is 1. The van der Waals surface area contributed by atoms with Gasteiger partial charge in [0.2, 0.25) is 0 Å². The van der Waals surface area contributed by atoms with E-state index in [4.69, 9.17) is 5.11 Å². The predicted molar refractivity (Wildman–Crippen MR) is 68.0 cm³/mol. The molecule has 16 heavy (non-hydrogen) atoms. The zero-order valence-electron chi connectivity index (χ0n) is 9.99. The fourth-order valence-electron chi connectivity index (χ4n) is 1.46. The van der Waals surface area contributed by atoms with E-state index in [9.17, 15) is 4.79 Å². The first kappa shape index (κ1) is 13.1. The molecule has 1 rings (SSSR count). The van der Waals surface area contributed by atoms with Crippen molar-refractivity contribution in [3.05, 3.63) is 29.8 Å². The third kappa shape index (κ3) is 3.56. The van der Waals surface area contributed by atoms with Gasteiger partial charge in [0.15, 0.2) is 0 Å². The summed E-state index contributed by atoms with van der Waals surface area (Å²) in [6.07, 6.45) is 0.569. The van der Waals surface area contributed by atoms with E-state index in [0.29, 0.717) is 6.42 Å². The molecule has 0 saturated heterocycles. The van der Waals surface area contributed by atoms with Gasteiger partial charge in [-0.1, -0.05) is 19.1 Å². The molecular formula is C13H18O2S. The van der Waals surface area contributed by atoms with E-state index in [-0.39, 0.29) is 0 Å². The van der Waals surface area contributed by atoms with E-state index in [0.717, 1.165) is 11.3 Å². The number of hydrogen-bond donors (Lipinski definition) is 1.